The zero-order chi connectivity index (χ0) is 24.6. The third-order valence-electron chi connectivity index (χ3n) is 5.88. The molecule has 0 atom stereocenters. The van der Waals surface area contributed by atoms with E-state index in [4.69, 9.17) is 11.6 Å². The molecule has 0 unspecified atom stereocenters. The number of para-hydroxylation sites is 1. The molecule has 11 nitrogen and oxygen atoms in total. The van der Waals surface area contributed by atoms with Gasteiger partial charge < -0.3 is 4.90 Å². The van der Waals surface area contributed by atoms with Gasteiger partial charge in [0.25, 0.3) is 5.56 Å². The number of sulfonamides is 1. The highest BCUT2D eigenvalue weighted by Gasteiger charge is 2.31. The molecule has 13 heteroatoms. The van der Waals surface area contributed by atoms with E-state index >= 15 is 0 Å². The summed E-state index contributed by atoms with van der Waals surface area (Å²) in [6.07, 6.45) is 2.95. The molecule has 4 aromatic rings. The molecular formula is C22H21ClN8O3S. The first kappa shape index (κ1) is 23.1. The van der Waals surface area contributed by atoms with Gasteiger partial charge >= 0.3 is 0 Å². The Kier molecular flexibility index (Phi) is 6.09. The van der Waals surface area contributed by atoms with Crippen LogP contribution in [0, 0.1) is 6.92 Å². The lowest BCUT2D eigenvalue weighted by Gasteiger charge is -2.35. The lowest BCUT2D eigenvalue weighted by molar-refractivity contribution is 0.384. The summed E-state index contributed by atoms with van der Waals surface area (Å²) in [7, 11) is -3.76. The van der Waals surface area contributed by atoms with E-state index in [1.807, 2.05) is 23.1 Å². The molecule has 2 aromatic carbocycles. The molecule has 0 radical (unpaired) electrons. The monoisotopic (exact) mass is 512 g/mol. The van der Waals surface area contributed by atoms with Crippen molar-refractivity contribution in [3.8, 4) is 11.4 Å². The van der Waals surface area contributed by atoms with Gasteiger partial charge in [0, 0.05) is 26.2 Å². The molecule has 0 saturated carbocycles. The van der Waals surface area contributed by atoms with Crippen molar-refractivity contribution in [3.05, 3.63) is 82.0 Å². The average Bonchev–Trinajstić information content (AvgIpc) is 3.42. The highest BCUT2D eigenvalue weighted by molar-refractivity contribution is 7.89. The van der Waals surface area contributed by atoms with E-state index in [0.717, 1.165) is 0 Å². The summed E-state index contributed by atoms with van der Waals surface area (Å²) in [6, 6.07) is 14.1. The predicted octanol–water partition coefficient (Wildman–Crippen LogP) is 1.68. The van der Waals surface area contributed by atoms with Crippen LogP contribution in [0.3, 0.4) is 0 Å². The summed E-state index contributed by atoms with van der Waals surface area (Å²) >= 11 is 6.43. The van der Waals surface area contributed by atoms with Gasteiger partial charge in [-0.2, -0.15) is 14.1 Å². The van der Waals surface area contributed by atoms with Crippen LogP contribution in [-0.2, 0) is 10.0 Å². The van der Waals surface area contributed by atoms with E-state index in [2.05, 4.69) is 20.6 Å². The normalized spacial score (nSPS) is 14.9. The van der Waals surface area contributed by atoms with Crippen molar-refractivity contribution >= 4 is 27.3 Å². The molecule has 5 rings (SSSR count). The third kappa shape index (κ3) is 4.31. The van der Waals surface area contributed by atoms with Gasteiger partial charge in [-0.1, -0.05) is 35.9 Å². The molecule has 1 aliphatic heterocycles. The number of benzene rings is 2. The van der Waals surface area contributed by atoms with Crippen molar-refractivity contribution in [1.29, 1.82) is 0 Å². The van der Waals surface area contributed by atoms with Crippen LogP contribution in [0.15, 0.2) is 70.7 Å². The van der Waals surface area contributed by atoms with Crippen LogP contribution in [0.5, 0.6) is 0 Å². The summed E-state index contributed by atoms with van der Waals surface area (Å²) in [4.78, 5) is 14.9. The van der Waals surface area contributed by atoms with Crippen LogP contribution in [0.1, 0.15) is 5.56 Å². The number of aryl methyl sites for hydroxylation is 1. The SMILES string of the molecule is Cc1ccc(-n2cnnn2)cc1S(=O)(=O)N1CCN(c2cnn(-c3ccccc3)c(=O)c2Cl)CC1. The van der Waals surface area contributed by atoms with Crippen molar-refractivity contribution in [2.45, 2.75) is 11.8 Å². The fraction of sp³-hybridized carbons (Fsp3) is 0.227. The van der Waals surface area contributed by atoms with Crippen LogP contribution < -0.4 is 10.5 Å². The number of rotatable bonds is 5. The van der Waals surface area contributed by atoms with Crippen molar-refractivity contribution in [2.24, 2.45) is 0 Å². The molecule has 3 heterocycles. The lowest BCUT2D eigenvalue weighted by atomic mass is 10.2. The second-order valence-corrected chi connectivity index (χ2v) is 10.3. The molecule has 0 spiro atoms. The quantitative estimate of drug-likeness (QED) is 0.396. The average molecular weight is 513 g/mol. The van der Waals surface area contributed by atoms with Crippen molar-refractivity contribution in [3.63, 3.8) is 0 Å². The van der Waals surface area contributed by atoms with Crippen molar-refractivity contribution in [2.75, 3.05) is 31.1 Å². The van der Waals surface area contributed by atoms with E-state index in [1.165, 1.54) is 20.0 Å². The molecule has 0 amide bonds. The number of hydrogen-bond acceptors (Lipinski definition) is 8. The van der Waals surface area contributed by atoms with Gasteiger partial charge in [0.05, 0.1) is 28.2 Å². The predicted molar refractivity (Wildman–Crippen MR) is 130 cm³/mol. The van der Waals surface area contributed by atoms with E-state index in [0.29, 0.717) is 35.7 Å². The number of anilines is 1. The highest BCUT2D eigenvalue weighted by Crippen LogP contribution is 2.27. The van der Waals surface area contributed by atoms with Crippen LogP contribution in [0.4, 0.5) is 5.69 Å². The molecule has 0 N–H and O–H groups in total. The molecule has 1 fully saturated rings. The van der Waals surface area contributed by atoms with Gasteiger partial charge in [0.1, 0.15) is 11.3 Å². The van der Waals surface area contributed by atoms with Crippen LogP contribution in [-0.4, -0.2) is 68.9 Å². The molecule has 0 bridgehead atoms. The molecular weight excluding hydrogens is 492 g/mol. The minimum absolute atomic E-state index is 0.0464. The number of nitrogens with zero attached hydrogens (tertiary/aromatic N) is 8. The lowest BCUT2D eigenvalue weighted by Crippen LogP contribution is -2.49. The number of tetrazole rings is 1. The second kappa shape index (κ2) is 9.21. The Morgan fingerprint density at radius 3 is 2.40 bits per heavy atom. The largest absolute Gasteiger partial charge is 0.366 e. The van der Waals surface area contributed by atoms with E-state index < -0.39 is 15.6 Å². The third-order valence-corrected chi connectivity index (χ3v) is 8.28. The van der Waals surface area contributed by atoms with Crippen LogP contribution >= 0.6 is 11.6 Å². The minimum Gasteiger partial charge on any atom is -0.366 e. The van der Waals surface area contributed by atoms with Gasteiger partial charge in [-0.3, -0.25) is 4.79 Å². The molecule has 1 saturated heterocycles. The van der Waals surface area contributed by atoms with Gasteiger partial charge in [0.15, 0.2) is 0 Å². The maximum atomic E-state index is 13.5. The van der Waals surface area contributed by atoms with Gasteiger partial charge in [0.2, 0.25) is 10.0 Å². The fourth-order valence-electron chi connectivity index (χ4n) is 3.99. The number of aromatic nitrogens is 6. The Balaban J connectivity index is 1.36. The van der Waals surface area contributed by atoms with E-state index in [1.54, 1.807) is 43.5 Å². The Hall–Kier alpha value is -3.61. The Bertz CT molecular complexity index is 1520. The fourth-order valence-corrected chi connectivity index (χ4v) is 5.91. The second-order valence-electron chi connectivity index (χ2n) is 7.99. The topological polar surface area (TPSA) is 119 Å². The molecule has 1 aliphatic rings. The number of piperazine rings is 1. The number of hydrogen-bond donors (Lipinski definition) is 0. The van der Waals surface area contributed by atoms with E-state index in [-0.39, 0.29) is 23.0 Å². The van der Waals surface area contributed by atoms with Crippen LogP contribution in [0.25, 0.3) is 11.4 Å². The molecule has 35 heavy (non-hydrogen) atoms. The van der Waals surface area contributed by atoms with Crippen molar-refractivity contribution in [1.82, 2.24) is 34.3 Å². The Morgan fingerprint density at radius 2 is 1.71 bits per heavy atom. The molecule has 2 aromatic heterocycles. The zero-order valence-corrected chi connectivity index (χ0v) is 20.3. The first-order valence-electron chi connectivity index (χ1n) is 10.8. The van der Waals surface area contributed by atoms with Gasteiger partial charge in [-0.15, -0.1) is 5.10 Å². The maximum Gasteiger partial charge on any atom is 0.292 e. The molecule has 0 aliphatic carbocycles. The summed E-state index contributed by atoms with van der Waals surface area (Å²) in [5.41, 5.74) is 1.84. The number of halogens is 1. The smallest absolute Gasteiger partial charge is 0.292 e. The summed E-state index contributed by atoms with van der Waals surface area (Å²) in [5, 5.41) is 15.4. The van der Waals surface area contributed by atoms with E-state index in [9.17, 15) is 13.2 Å². The van der Waals surface area contributed by atoms with Crippen LogP contribution in [0.2, 0.25) is 5.02 Å². The van der Waals surface area contributed by atoms with Crippen molar-refractivity contribution < 1.29 is 8.42 Å². The highest BCUT2D eigenvalue weighted by atomic mass is 35.5. The summed E-state index contributed by atoms with van der Waals surface area (Å²) in [6.45, 7) is 2.94. The zero-order valence-electron chi connectivity index (χ0n) is 18.7. The summed E-state index contributed by atoms with van der Waals surface area (Å²) < 4.78 is 31.0. The first-order chi connectivity index (χ1) is 16.9. The first-order valence-corrected chi connectivity index (χ1v) is 12.6. The standard InChI is InChI=1S/C22H21ClN8O3S/c1-16-7-8-18(30-15-24-26-27-30)13-20(16)35(33,34)29-11-9-28(10-12-29)19-14-25-31(22(32)21(19)23)17-5-3-2-4-6-17/h2-8,13-15H,9-12H2,1H3. The van der Waals surface area contributed by atoms with Gasteiger partial charge in [-0.05, 0) is 47.2 Å². The summed E-state index contributed by atoms with van der Waals surface area (Å²) in [5.74, 6) is 0. The Morgan fingerprint density at radius 1 is 0.971 bits per heavy atom. The minimum atomic E-state index is -3.76. The molecule has 180 valence electrons. The maximum absolute atomic E-state index is 13.5. The van der Waals surface area contributed by atoms with Gasteiger partial charge in [-0.25, -0.2) is 13.1 Å². The Labute approximate surface area is 206 Å².